The summed E-state index contributed by atoms with van der Waals surface area (Å²) in [7, 11) is 0. The van der Waals surface area contributed by atoms with Gasteiger partial charge in [0, 0.05) is 49.8 Å². The highest BCUT2D eigenvalue weighted by Crippen LogP contribution is 2.52. The summed E-state index contributed by atoms with van der Waals surface area (Å²) >= 11 is 0. The van der Waals surface area contributed by atoms with Gasteiger partial charge in [-0.05, 0) is 137 Å². The maximum absolute atomic E-state index is 6.43. The molecule has 11 rings (SSSR count). The van der Waals surface area contributed by atoms with E-state index in [0.717, 1.165) is 96.4 Å². The number of allylic oxidation sites excluding steroid dienone is 5. The molecule has 2 aliphatic rings. The summed E-state index contributed by atoms with van der Waals surface area (Å²) in [4.78, 5) is 2.34. The van der Waals surface area contributed by atoms with Gasteiger partial charge in [0.2, 0.25) is 0 Å². The SMILES string of the molecule is C=Cc1oc2ccc(-c3ccc(N(c4ccc(-c5ccc6c(c5)C(C)(C)C5=CCCC=C56)cc4)c4ccc(-c5cccc6c5oc5ccccc56)cc4)cc3)cc2c1/C=C\C. The molecular formula is C58H45NO2. The number of nitrogens with zero attached hydrogens (tertiary/aromatic N) is 1. The Labute approximate surface area is 356 Å². The Morgan fingerprint density at radius 2 is 1.16 bits per heavy atom. The van der Waals surface area contributed by atoms with E-state index in [-0.39, 0.29) is 5.41 Å². The minimum absolute atomic E-state index is 0.00372. The first-order chi connectivity index (χ1) is 29.9. The van der Waals surface area contributed by atoms with Crippen molar-refractivity contribution in [1.82, 2.24) is 0 Å². The molecule has 2 aliphatic carbocycles. The number of para-hydroxylation sites is 2. The minimum Gasteiger partial charge on any atom is -0.456 e. The normalized spacial score (nSPS) is 14.3. The van der Waals surface area contributed by atoms with Crippen molar-refractivity contribution in [2.75, 3.05) is 4.90 Å². The second-order valence-electron chi connectivity index (χ2n) is 16.7. The Hall–Kier alpha value is -7.36. The fourth-order valence-corrected chi connectivity index (χ4v) is 9.77. The van der Waals surface area contributed by atoms with Crippen LogP contribution in [0.5, 0.6) is 0 Å². The summed E-state index contributed by atoms with van der Waals surface area (Å²) in [5.74, 6) is 0.788. The van der Waals surface area contributed by atoms with Crippen molar-refractivity contribution < 1.29 is 8.83 Å². The Kier molecular flexibility index (Phi) is 8.68. The zero-order valence-corrected chi connectivity index (χ0v) is 34.7. The molecule has 3 heteroatoms. The highest BCUT2D eigenvalue weighted by atomic mass is 16.3. The molecule has 61 heavy (non-hydrogen) atoms. The van der Waals surface area contributed by atoms with Crippen molar-refractivity contribution in [1.29, 1.82) is 0 Å². The van der Waals surface area contributed by atoms with E-state index in [1.807, 2.05) is 25.1 Å². The predicted molar refractivity (Wildman–Crippen MR) is 258 cm³/mol. The third-order valence-electron chi connectivity index (χ3n) is 12.8. The van der Waals surface area contributed by atoms with Crippen LogP contribution < -0.4 is 4.90 Å². The van der Waals surface area contributed by atoms with E-state index in [2.05, 4.69) is 183 Å². The van der Waals surface area contributed by atoms with Crippen LogP contribution in [0.2, 0.25) is 0 Å². The molecule has 0 saturated carbocycles. The van der Waals surface area contributed by atoms with Crippen LogP contribution in [-0.4, -0.2) is 0 Å². The van der Waals surface area contributed by atoms with Gasteiger partial charge in [-0.25, -0.2) is 0 Å². The molecule has 0 bridgehead atoms. The molecule has 9 aromatic rings. The van der Waals surface area contributed by atoms with E-state index >= 15 is 0 Å². The Morgan fingerprint density at radius 3 is 1.87 bits per heavy atom. The molecule has 0 amide bonds. The monoisotopic (exact) mass is 787 g/mol. The van der Waals surface area contributed by atoms with Gasteiger partial charge in [0.1, 0.15) is 22.5 Å². The summed E-state index contributed by atoms with van der Waals surface area (Å²) in [6.45, 7) is 10.7. The number of hydrogen-bond donors (Lipinski definition) is 0. The van der Waals surface area contributed by atoms with Crippen LogP contribution in [0.15, 0.2) is 191 Å². The van der Waals surface area contributed by atoms with Gasteiger partial charge in [-0.1, -0.05) is 136 Å². The molecule has 7 aromatic carbocycles. The fourth-order valence-electron chi connectivity index (χ4n) is 9.77. The molecular weight excluding hydrogens is 743 g/mol. The van der Waals surface area contributed by atoms with Gasteiger partial charge < -0.3 is 13.7 Å². The second-order valence-corrected chi connectivity index (χ2v) is 16.7. The largest absolute Gasteiger partial charge is 0.456 e. The van der Waals surface area contributed by atoms with Crippen molar-refractivity contribution >= 4 is 67.7 Å². The predicted octanol–water partition coefficient (Wildman–Crippen LogP) is 16.9. The number of fused-ring (bicyclic) bond motifs is 7. The summed E-state index contributed by atoms with van der Waals surface area (Å²) in [6.07, 6.45) is 13.0. The van der Waals surface area contributed by atoms with Crippen molar-refractivity contribution in [2.45, 2.75) is 39.0 Å². The van der Waals surface area contributed by atoms with Crippen LogP contribution in [0.25, 0.3) is 84.0 Å². The van der Waals surface area contributed by atoms with Gasteiger partial charge in [0.25, 0.3) is 0 Å². The molecule has 0 fully saturated rings. The van der Waals surface area contributed by atoms with Gasteiger partial charge in [-0.2, -0.15) is 0 Å². The smallest absolute Gasteiger partial charge is 0.143 e. The van der Waals surface area contributed by atoms with Crippen molar-refractivity contribution in [3.05, 3.63) is 204 Å². The third-order valence-corrected chi connectivity index (χ3v) is 12.8. The van der Waals surface area contributed by atoms with E-state index in [1.165, 1.54) is 33.4 Å². The molecule has 0 aliphatic heterocycles. The first kappa shape index (κ1) is 36.7. The molecule has 2 heterocycles. The molecule has 0 atom stereocenters. The van der Waals surface area contributed by atoms with Gasteiger partial charge in [0.05, 0.1) is 0 Å². The van der Waals surface area contributed by atoms with Crippen LogP contribution in [0.3, 0.4) is 0 Å². The molecule has 3 nitrogen and oxygen atoms in total. The average Bonchev–Trinajstić information content (AvgIpc) is 3.94. The van der Waals surface area contributed by atoms with Crippen LogP contribution in [0.4, 0.5) is 17.1 Å². The zero-order chi connectivity index (χ0) is 41.2. The topological polar surface area (TPSA) is 29.5 Å². The Morgan fingerprint density at radius 1 is 0.557 bits per heavy atom. The second kappa shape index (κ2) is 14.4. The lowest BCUT2D eigenvalue weighted by molar-refractivity contribution is 0.603. The van der Waals surface area contributed by atoms with E-state index in [9.17, 15) is 0 Å². The summed E-state index contributed by atoms with van der Waals surface area (Å²) < 4.78 is 12.5. The standard InChI is InChI=1S/C58H45NO2/c1-5-12-48-51-35-40(26-34-56(51)60-54(48)6-2)37-19-27-42(28-20-37)59(44-31-23-39(24-32-44)45-15-11-16-50-49-14-8-10-18-55(49)61-57(45)50)43-29-21-38(22-30-43)41-25-33-47-46-13-7-9-17-52(46)58(3,4)53(47)36-41/h5-6,8,10-36H,2,7,9H2,1,3-4H3/b12-5-. The molecule has 0 saturated heterocycles. The van der Waals surface area contributed by atoms with Crippen LogP contribution in [-0.2, 0) is 5.41 Å². The van der Waals surface area contributed by atoms with Crippen molar-refractivity contribution in [3.8, 4) is 33.4 Å². The van der Waals surface area contributed by atoms with Crippen LogP contribution in [0.1, 0.15) is 56.1 Å². The number of benzene rings is 7. The third kappa shape index (κ3) is 6.03. The average molecular weight is 788 g/mol. The number of hydrogen-bond acceptors (Lipinski definition) is 3. The molecule has 0 radical (unpaired) electrons. The fraction of sp³-hybridized carbons (Fsp3) is 0.103. The molecule has 2 aromatic heterocycles. The summed E-state index contributed by atoms with van der Waals surface area (Å²) in [5, 5.41) is 3.34. The summed E-state index contributed by atoms with van der Waals surface area (Å²) in [6, 6.07) is 54.9. The van der Waals surface area contributed by atoms with Crippen molar-refractivity contribution in [3.63, 3.8) is 0 Å². The molecule has 294 valence electrons. The Balaban J connectivity index is 0.974. The van der Waals surface area contributed by atoms with Gasteiger partial charge in [-0.15, -0.1) is 0 Å². The van der Waals surface area contributed by atoms with E-state index < -0.39 is 0 Å². The van der Waals surface area contributed by atoms with Gasteiger partial charge >= 0.3 is 0 Å². The zero-order valence-electron chi connectivity index (χ0n) is 34.7. The van der Waals surface area contributed by atoms with Crippen molar-refractivity contribution in [2.24, 2.45) is 0 Å². The highest BCUT2D eigenvalue weighted by molar-refractivity contribution is 6.09. The summed E-state index contributed by atoms with van der Waals surface area (Å²) in [5.41, 5.74) is 19.5. The molecule has 0 unspecified atom stereocenters. The quantitative estimate of drug-likeness (QED) is 0.154. The maximum atomic E-state index is 6.43. The van der Waals surface area contributed by atoms with E-state index in [4.69, 9.17) is 8.83 Å². The Bertz CT molecular complexity index is 3270. The number of furan rings is 2. The lowest BCUT2D eigenvalue weighted by Crippen LogP contribution is -2.15. The highest BCUT2D eigenvalue weighted by Gasteiger charge is 2.38. The molecule has 0 N–H and O–H groups in total. The maximum Gasteiger partial charge on any atom is 0.143 e. The van der Waals surface area contributed by atoms with E-state index in [0.29, 0.717) is 0 Å². The minimum atomic E-state index is -0.00372. The number of rotatable bonds is 8. The van der Waals surface area contributed by atoms with Crippen LogP contribution in [0, 0.1) is 0 Å². The molecule has 0 spiro atoms. The first-order valence-corrected chi connectivity index (χ1v) is 21.3. The lowest BCUT2D eigenvalue weighted by Gasteiger charge is -2.26. The van der Waals surface area contributed by atoms with Gasteiger partial charge in [0.15, 0.2) is 0 Å². The lowest BCUT2D eigenvalue weighted by atomic mass is 9.80. The van der Waals surface area contributed by atoms with Gasteiger partial charge in [-0.3, -0.25) is 0 Å². The van der Waals surface area contributed by atoms with E-state index in [1.54, 1.807) is 6.08 Å². The van der Waals surface area contributed by atoms with Crippen LogP contribution >= 0.6 is 0 Å². The first-order valence-electron chi connectivity index (χ1n) is 21.3. The number of anilines is 3.